The van der Waals surface area contributed by atoms with Crippen LogP contribution in [0.25, 0.3) is 93.2 Å². The van der Waals surface area contributed by atoms with E-state index in [0.717, 1.165) is 17.1 Å². The van der Waals surface area contributed by atoms with Gasteiger partial charge in [-0.1, -0.05) is 223 Å². The highest BCUT2D eigenvalue weighted by Gasteiger charge is 2.25. The Morgan fingerprint density at radius 2 is 0.697 bits per heavy atom. The molecule has 1 heterocycles. The molecule has 0 saturated heterocycles. The van der Waals surface area contributed by atoms with Crippen LogP contribution in [-0.4, -0.2) is 4.57 Å². The average molecular weight is 987 g/mol. The van der Waals surface area contributed by atoms with E-state index >= 15 is 0 Å². The Hall–Kier alpha value is -7.94. The van der Waals surface area contributed by atoms with Crippen LogP contribution in [0.15, 0.2) is 206 Å². The Bertz CT molecular complexity index is 4080. The van der Waals surface area contributed by atoms with E-state index < -0.39 is 0 Å². The SMILES string of the molecule is CC(C)(C)c1ccc(-c2ccc(N(c3cccc(-c4cccc(-c5ccc(C(C)(C)C)cc5)c4)c3)c3ccc4ccc5c(-n6c7ccc(C(C)(C)C)cc7c7cc(C(C)(C)C)ccc76)ccc6ccc3c4c65)cc2)cc1. The second-order valence-corrected chi connectivity index (χ2v) is 25.6. The third-order valence-corrected chi connectivity index (χ3v) is 16.2. The Morgan fingerprint density at radius 1 is 0.289 bits per heavy atom. The average Bonchev–Trinajstić information content (AvgIpc) is 3.82. The minimum absolute atomic E-state index is 0.0228. The van der Waals surface area contributed by atoms with Gasteiger partial charge < -0.3 is 9.47 Å². The van der Waals surface area contributed by atoms with Crippen molar-refractivity contribution in [1.29, 1.82) is 0 Å². The molecule has 376 valence electrons. The van der Waals surface area contributed by atoms with Gasteiger partial charge >= 0.3 is 0 Å². The lowest BCUT2D eigenvalue weighted by Crippen LogP contribution is -2.11. The highest BCUT2D eigenvalue weighted by molar-refractivity contribution is 6.27. The minimum atomic E-state index is 0.0228. The van der Waals surface area contributed by atoms with E-state index in [1.54, 1.807) is 0 Å². The van der Waals surface area contributed by atoms with Crippen molar-refractivity contribution in [3.63, 3.8) is 0 Å². The van der Waals surface area contributed by atoms with E-state index in [-0.39, 0.29) is 21.7 Å². The smallest absolute Gasteiger partial charge is 0.0541 e. The molecule has 0 N–H and O–H groups in total. The molecule has 0 aliphatic rings. The largest absolute Gasteiger partial charge is 0.310 e. The summed E-state index contributed by atoms with van der Waals surface area (Å²) >= 11 is 0. The van der Waals surface area contributed by atoms with Gasteiger partial charge in [-0.2, -0.15) is 0 Å². The van der Waals surface area contributed by atoms with Gasteiger partial charge in [-0.25, -0.2) is 0 Å². The molecule has 0 aliphatic carbocycles. The molecular formula is C74H70N2. The van der Waals surface area contributed by atoms with Crippen molar-refractivity contribution in [3.05, 3.63) is 229 Å². The van der Waals surface area contributed by atoms with Crippen LogP contribution < -0.4 is 4.90 Å². The van der Waals surface area contributed by atoms with Crippen molar-refractivity contribution >= 4 is 71.2 Å². The minimum Gasteiger partial charge on any atom is -0.310 e. The van der Waals surface area contributed by atoms with E-state index in [1.165, 1.54) is 115 Å². The quantitative estimate of drug-likeness (QED) is 0.145. The lowest BCUT2D eigenvalue weighted by atomic mass is 9.85. The van der Waals surface area contributed by atoms with Gasteiger partial charge in [0, 0.05) is 32.9 Å². The third-order valence-electron chi connectivity index (χ3n) is 16.2. The number of anilines is 3. The second kappa shape index (κ2) is 17.8. The summed E-state index contributed by atoms with van der Waals surface area (Å²) in [5, 5.41) is 10.1. The van der Waals surface area contributed by atoms with Crippen molar-refractivity contribution < 1.29 is 0 Å². The van der Waals surface area contributed by atoms with Crippen molar-refractivity contribution in [2.24, 2.45) is 0 Å². The van der Waals surface area contributed by atoms with Crippen LogP contribution in [0, 0.1) is 0 Å². The maximum absolute atomic E-state index is 2.53. The van der Waals surface area contributed by atoms with E-state index in [2.05, 4.69) is 299 Å². The molecule has 0 amide bonds. The van der Waals surface area contributed by atoms with Gasteiger partial charge in [-0.05, 0) is 166 Å². The van der Waals surface area contributed by atoms with Crippen LogP contribution in [0.2, 0.25) is 0 Å². The van der Waals surface area contributed by atoms with Crippen molar-refractivity contribution in [3.8, 4) is 39.1 Å². The lowest BCUT2D eigenvalue weighted by Gasteiger charge is -2.28. The predicted molar refractivity (Wildman–Crippen MR) is 330 cm³/mol. The fraction of sp³-hybridized carbons (Fsp3) is 0.216. The predicted octanol–water partition coefficient (Wildman–Crippen LogP) is 21.3. The van der Waals surface area contributed by atoms with E-state index in [4.69, 9.17) is 0 Å². The summed E-state index contributed by atoms with van der Waals surface area (Å²) in [5.74, 6) is 0. The van der Waals surface area contributed by atoms with Gasteiger partial charge in [-0.3, -0.25) is 0 Å². The summed E-state index contributed by atoms with van der Waals surface area (Å²) in [4.78, 5) is 2.48. The highest BCUT2D eigenvalue weighted by Crippen LogP contribution is 2.47. The van der Waals surface area contributed by atoms with Crippen molar-refractivity contribution in [1.82, 2.24) is 4.57 Å². The summed E-state index contributed by atoms with van der Waals surface area (Å²) in [6.45, 7) is 27.5. The maximum atomic E-state index is 2.53. The highest BCUT2D eigenvalue weighted by atomic mass is 15.1. The first kappa shape index (κ1) is 49.0. The Balaban J connectivity index is 1.04. The van der Waals surface area contributed by atoms with Gasteiger partial charge in [0.25, 0.3) is 0 Å². The first-order chi connectivity index (χ1) is 36.2. The van der Waals surface area contributed by atoms with Gasteiger partial charge in [0.2, 0.25) is 0 Å². The first-order valence-electron chi connectivity index (χ1n) is 27.3. The zero-order valence-electron chi connectivity index (χ0n) is 46.5. The molecule has 0 atom stereocenters. The molecule has 0 spiro atoms. The molecule has 0 bridgehead atoms. The van der Waals surface area contributed by atoms with E-state index in [9.17, 15) is 0 Å². The maximum Gasteiger partial charge on any atom is 0.0541 e. The molecule has 12 aromatic rings. The molecule has 1 aromatic heterocycles. The summed E-state index contributed by atoms with van der Waals surface area (Å²) < 4.78 is 2.53. The van der Waals surface area contributed by atoms with Crippen molar-refractivity contribution in [2.75, 3.05) is 4.90 Å². The topological polar surface area (TPSA) is 8.17 Å². The summed E-state index contributed by atoms with van der Waals surface area (Å²) in [5.41, 5.74) is 19.8. The third kappa shape index (κ3) is 8.62. The van der Waals surface area contributed by atoms with Crippen LogP contribution in [0.3, 0.4) is 0 Å². The number of aromatic nitrogens is 1. The molecule has 0 unspecified atom stereocenters. The number of rotatable bonds is 7. The van der Waals surface area contributed by atoms with Crippen LogP contribution in [0.1, 0.15) is 105 Å². The molecular weight excluding hydrogens is 917 g/mol. The van der Waals surface area contributed by atoms with Crippen LogP contribution in [0.4, 0.5) is 17.1 Å². The summed E-state index contributed by atoms with van der Waals surface area (Å²) in [7, 11) is 0. The zero-order chi connectivity index (χ0) is 53.1. The molecule has 2 heteroatoms. The lowest BCUT2D eigenvalue weighted by molar-refractivity contribution is 0.590. The molecule has 0 aliphatic heterocycles. The second-order valence-electron chi connectivity index (χ2n) is 25.6. The number of hydrogen-bond donors (Lipinski definition) is 0. The Labute approximate surface area is 450 Å². The van der Waals surface area contributed by atoms with Gasteiger partial charge in [0.05, 0.1) is 22.4 Å². The van der Waals surface area contributed by atoms with Crippen LogP contribution >= 0.6 is 0 Å². The molecule has 12 rings (SSSR count). The number of benzene rings is 11. The standard InChI is InChI=1S/C74H70N2/c1-71(2,3)55-29-19-47(20-30-55)48-23-35-59(36-24-48)75(60-18-14-17-54(44-60)53-16-13-15-52(43-53)49-21-31-56(32-22-49)72(4,5)6)65-39-27-50-26-38-62-66(40-28-51-25-37-61(65)69(50)70(51)62)76-67-41-33-57(73(7,8)9)45-63(67)64-46-58(74(10,11)12)34-42-68(64)76/h13-46H,1-12H3. The Kier molecular flexibility index (Phi) is 11.5. The Morgan fingerprint density at radius 3 is 1.22 bits per heavy atom. The van der Waals surface area contributed by atoms with Gasteiger partial charge in [0.1, 0.15) is 0 Å². The first-order valence-corrected chi connectivity index (χ1v) is 27.3. The normalized spacial score (nSPS) is 12.7. The zero-order valence-corrected chi connectivity index (χ0v) is 46.5. The summed E-state index contributed by atoms with van der Waals surface area (Å²) in [6.07, 6.45) is 0. The molecule has 0 fully saturated rings. The van der Waals surface area contributed by atoms with E-state index in [0.29, 0.717) is 0 Å². The molecule has 0 saturated carbocycles. The molecule has 11 aromatic carbocycles. The van der Waals surface area contributed by atoms with E-state index in [1.807, 2.05) is 0 Å². The van der Waals surface area contributed by atoms with Crippen LogP contribution in [-0.2, 0) is 21.7 Å². The fourth-order valence-corrected chi connectivity index (χ4v) is 11.6. The number of nitrogens with zero attached hydrogens (tertiary/aromatic N) is 2. The molecule has 76 heavy (non-hydrogen) atoms. The summed E-state index contributed by atoms with van der Waals surface area (Å²) in [6, 6.07) is 78.6. The molecule has 2 nitrogen and oxygen atoms in total. The van der Waals surface area contributed by atoms with Gasteiger partial charge in [-0.15, -0.1) is 0 Å². The van der Waals surface area contributed by atoms with Crippen LogP contribution in [0.5, 0.6) is 0 Å². The fourth-order valence-electron chi connectivity index (χ4n) is 11.6. The number of fused-ring (bicyclic) bond motifs is 3. The van der Waals surface area contributed by atoms with Gasteiger partial charge in [0.15, 0.2) is 0 Å². The van der Waals surface area contributed by atoms with Crippen molar-refractivity contribution in [2.45, 2.75) is 105 Å². The molecule has 0 radical (unpaired) electrons. The monoisotopic (exact) mass is 987 g/mol. The number of hydrogen-bond acceptors (Lipinski definition) is 1.